The van der Waals surface area contributed by atoms with Gasteiger partial charge in [0.1, 0.15) is 5.60 Å². The second-order valence-electron chi connectivity index (χ2n) is 5.67. The smallest absolute Gasteiger partial charge is 0.182 e. The normalized spacial score (nSPS) is 36.5. The molecule has 0 aromatic heterocycles. The monoisotopic (exact) mass is 207 g/mol. The maximum absolute atomic E-state index is 6.00. The van der Waals surface area contributed by atoms with Gasteiger partial charge in [-0.05, 0) is 58.4 Å². The predicted molar refractivity (Wildman–Crippen MR) is 60.4 cm³/mol. The molecule has 0 aromatic carbocycles. The lowest BCUT2D eigenvalue weighted by Crippen LogP contribution is -2.40. The van der Waals surface area contributed by atoms with Gasteiger partial charge in [-0.3, -0.25) is 0 Å². The summed E-state index contributed by atoms with van der Waals surface area (Å²) in [5, 5.41) is 0. The van der Waals surface area contributed by atoms with Crippen molar-refractivity contribution in [2.45, 2.75) is 69.6 Å². The van der Waals surface area contributed by atoms with Gasteiger partial charge in [-0.25, -0.2) is 0 Å². The zero-order valence-electron chi connectivity index (χ0n) is 9.67. The van der Waals surface area contributed by atoms with Crippen molar-refractivity contribution >= 4 is 0 Å². The molecule has 0 N–H and O–H groups in total. The minimum absolute atomic E-state index is 0.133. The molecule has 2 bridgehead atoms. The summed E-state index contributed by atoms with van der Waals surface area (Å²) in [6.45, 7) is 6.35. The van der Waals surface area contributed by atoms with E-state index in [4.69, 9.17) is 4.74 Å². The van der Waals surface area contributed by atoms with Crippen molar-refractivity contribution in [3.8, 4) is 0 Å². The Balaban J connectivity index is 1.68. The Labute approximate surface area is 92.3 Å². The minimum Gasteiger partial charge on any atom is -0.473 e. The summed E-state index contributed by atoms with van der Waals surface area (Å²) in [7, 11) is 0. The van der Waals surface area contributed by atoms with Crippen LogP contribution in [-0.2, 0) is 4.74 Å². The Kier molecular flexibility index (Phi) is 2.02. The molecule has 2 nitrogen and oxygen atoms in total. The van der Waals surface area contributed by atoms with Crippen molar-refractivity contribution in [3.63, 3.8) is 0 Å². The number of rotatable bonds is 3. The third-order valence-corrected chi connectivity index (χ3v) is 4.30. The van der Waals surface area contributed by atoms with E-state index in [2.05, 4.69) is 18.4 Å². The van der Waals surface area contributed by atoms with Crippen LogP contribution in [0.4, 0.5) is 0 Å². The molecule has 2 atom stereocenters. The highest BCUT2D eigenvalue weighted by molar-refractivity contribution is 5.04. The zero-order valence-corrected chi connectivity index (χ0v) is 9.67. The molecule has 0 unspecified atom stereocenters. The summed E-state index contributed by atoms with van der Waals surface area (Å²) in [4.78, 5) is 2.48. The Bertz CT molecular complexity index is 266. The number of hydrogen-bond acceptors (Lipinski definition) is 2. The van der Waals surface area contributed by atoms with Crippen molar-refractivity contribution < 1.29 is 4.74 Å². The van der Waals surface area contributed by atoms with Gasteiger partial charge >= 0.3 is 0 Å². The van der Waals surface area contributed by atoms with Crippen molar-refractivity contribution in [2.24, 2.45) is 0 Å². The first-order chi connectivity index (χ1) is 7.18. The van der Waals surface area contributed by atoms with Gasteiger partial charge < -0.3 is 9.64 Å². The summed E-state index contributed by atoms with van der Waals surface area (Å²) < 4.78 is 6.00. The van der Waals surface area contributed by atoms with E-state index in [-0.39, 0.29) is 5.60 Å². The van der Waals surface area contributed by atoms with Crippen LogP contribution in [0.15, 0.2) is 12.5 Å². The molecule has 0 aromatic rings. The SMILES string of the molecule is C=C(OC1(C)CC1)N1[C@@H]2CCC[C@@H]1CC2. The minimum atomic E-state index is 0.133. The molecule has 1 aliphatic carbocycles. The lowest BCUT2D eigenvalue weighted by Gasteiger charge is -2.38. The first-order valence-electron chi connectivity index (χ1n) is 6.34. The fraction of sp³-hybridized carbons (Fsp3) is 0.846. The molecule has 2 heteroatoms. The van der Waals surface area contributed by atoms with Crippen LogP contribution in [0.3, 0.4) is 0 Å². The fourth-order valence-corrected chi connectivity index (χ4v) is 3.14. The highest BCUT2D eigenvalue weighted by atomic mass is 16.5. The van der Waals surface area contributed by atoms with Gasteiger partial charge in [0.05, 0.1) is 0 Å². The van der Waals surface area contributed by atoms with Gasteiger partial charge in [-0.15, -0.1) is 0 Å². The Morgan fingerprint density at radius 3 is 2.33 bits per heavy atom. The topological polar surface area (TPSA) is 12.5 Å². The molecular formula is C13H21NO. The summed E-state index contributed by atoms with van der Waals surface area (Å²) >= 11 is 0. The highest BCUT2D eigenvalue weighted by Gasteiger charge is 2.44. The summed E-state index contributed by atoms with van der Waals surface area (Å²) in [5.41, 5.74) is 0.133. The van der Waals surface area contributed by atoms with E-state index in [1.165, 1.54) is 44.9 Å². The van der Waals surface area contributed by atoms with Crippen LogP contribution in [0, 0.1) is 0 Å². The standard InChI is InChI=1S/C13H21NO/c1-10(15-13(2)8-9-13)14-11-4-3-5-12(14)7-6-11/h11-12H,1,3-9H2,2H3/t11-,12-/m1/s1. The molecular weight excluding hydrogens is 186 g/mol. The summed E-state index contributed by atoms with van der Waals surface area (Å²) in [6, 6.07) is 1.47. The van der Waals surface area contributed by atoms with E-state index < -0.39 is 0 Å². The van der Waals surface area contributed by atoms with Gasteiger partial charge in [0.25, 0.3) is 0 Å². The molecule has 0 spiro atoms. The van der Waals surface area contributed by atoms with Crippen molar-refractivity contribution in [2.75, 3.05) is 0 Å². The van der Waals surface area contributed by atoms with Crippen LogP contribution in [0.2, 0.25) is 0 Å². The fourth-order valence-electron chi connectivity index (χ4n) is 3.14. The number of fused-ring (bicyclic) bond motifs is 2. The molecule has 1 saturated carbocycles. The predicted octanol–water partition coefficient (Wildman–Crippen LogP) is 3.04. The number of ether oxygens (including phenoxy) is 1. The molecule has 15 heavy (non-hydrogen) atoms. The molecule has 2 heterocycles. The first kappa shape index (κ1) is 9.56. The lowest BCUT2D eigenvalue weighted by molar-refractivity contribution is 0.0140. The van der Waals surface area contributed by atoms with E-state index in [9.17, 15) is 0 Å². The molecule has 3 fully saturated rings. The number of piperidine rings is 1. The second-order valence-corrected chi connectivity index (χ2v) is 5.67. The average Bonchev–Trinajstić information content (AvgIpc) is 2.86. The van der Waals surface area contributed by atoms with E-state index in [0.29, 0.717) is 0 Å². The lowest BCUT2D eigenvalue weighted by atomic mass is 10.0. The highest BCUT2D eigenvalue weighted by Crippen LogP contribution is 2.44. The first-order valence-corrected chi connectivity index (χ1v) is 6.34. The van der Waals surface area contributed by atoms with Crippen LogP contribution in [-0.4, -0.2) is 22.6 Å². The van der Waals surface area contributed by atoms with Gasteiger partial charge in [0.2, 0.25) is 0 Å². The number of hydrogen-bond donors (Lipinski definition) is 0. The van der Waals surface area contributed by atoms with Crippen molar-refractivity contribution in [1.82, 2.24) is 4.90 Å². The van der Waals surface area contributed by atoms with Gasteiger partial charge in [0, 0.05) is 12.1 Å². The maximum Gasteiger partial charge on any atom is 0.182 e. The van der Waals surface area contributed by atoms with Crippen LogP contribution in [0.25, 0.3) is 0 Å². The quantitative estimate of drug-likeness (QED) is 0.659. The third-order valence-electron chi connectivity index (χ3n) is 4.30. The van der Waals surface area contributed by atoms with Gasteiger partial charge in [-0.1, -0.05) is 0 Å². The summed E-state index contributed by atoms with van der Waals surface area (Å²) in [6.07, 6.45) is 9.19. The second kappa shape index (κ2) is 3.16. The molecule has 3 rings (SSSR count). The summed E-state index contributed by atoms with van der Waals surface area (Å²) in [5.74, 6) is 0.960. The Hall–Kier alpha value is -0.660. The van der Waals surface area contributed by atoms with Gasteiger partial charge in [0.15, 0.2) is 5.88 Å². The van der Waals surface area contributed by atoms with Crippen molar-refractivity contribution in [3.05, 3.63) is 12.5 Å². The molecule has 2 aliphatic heterocycles. The van der Waals surface area contributed by atoms with E-state index >= 15 is 0 Å². The Morgan fingerprint density at radius 2 is 1.80 bits per heavy atom. The molecule has 0 radical (unpaired) electrons. The molecule has 0 amide bonds. The van der Waals surface area contributed by atoms with Crippen LogP contribution < -0.4 is 0 Å². The van der Waals surface area contributed by atoms with Crippen molar-refractivity contribution in [1.29, 1.82) is 0 Å². The molecule has 84 valence electrons. The van der Waals surface area contributed by atoms with Crippen LogP contribution in [0.1, 0.15) is 51.9 Å². The zero-order chi connectivity index (χ0) is 10.5. The average molecular weight is 207 g/mol. The van der Waals surface area contributed by atoms with Crippen LogP contribution in [0.5, 0.6) is 0 Å². The van der Waals surface area contributed by atoms with Gasteiger partial charge in [-0.2, -0.15) is 0 Å². The van der Waals surface area contributed by atoms with E-state index in [0.717, 1.165) is 18.0 Å². The van der Waals surface area contributed by atoms with E-state index in [1.54, 1.807) is 0 Å². The van der Waals surface area contributed by atoms with E-state index in [1.807, 2.05) is 0 Å². The van der Waals surface area contributed by atoms with Crippen LogP contribution >= 0.6 is 0 Å². The molecule has 3 aliphatic rings. The maximum atomic E-state index is 6.00. The largest absolute Gasteiger partial charge is 0.473 e. The Morgan fingerprint density at radius 1 is 1.20 bits per heavy atom. The molecule has 2 saturated heterocycles. The third kappa shape index (κ3) is 1.64. The number of nitrogens with zero attached hydrogens (tertiary/aromatic N) is 1.